The molecule has 0 amide bonds. The zero-order valence-electron chi connectivity index (χ0n) is 13.7. The van der Waals surface area contributed by atoms with Gasteiger partial charge in [-0.1, -0.05) is 24.8 Å². The van der Waals surface area contributed by atoms with Crippen LogP contribution in [0.15, 0.2) is 35.7 Å². The van der Waals surface area contributed by atoms with Gasteiger partial charge in [-0.05, 0) is 17.7 Å². The van der Waals surface area contributed by atoms with E-state index in [0.29, 0.717) is 5.75 Å². The van der Waals surface area contributed by atoms with E-state index in [1.165, 1.54) is 0 Å². The van der Waals surface area contributed by atoms with Crippen LogP contribution in [0.2, 0.25) is 0 Å². The lowest BCUT2D eigenvalue weighted by Crippen LogP contribution is -2.15. The summed E-state index contributed by atoms with van der Waals surface area (Å²) in [5, 5.41) is 0. The van der Waals surface area contributed by atoms with E-state index in [4.69, 9.17) is 9.47 Å². The number of halogens is 4. The van der Waals surface area contributed by atoms with Crippen LogP contribution in [0.4, 0.5) is 17.6 Å². The molecule has 2 aromatic rings. The molecule has 2 rings (SSSR count). The Hall–Kier alpha value is -2.43. The third-order valence-electron chi connectivity index (χ3n) is 3.40. The molecule has 146 valence electrons. The van der Waals surface area contributed by atoms with E-state index in [-0.39, 0.29) is 13.2 Å². The summed E-state index contributed by atoms with van der Waals surface area (Å²) in [6.07, 6.45) is 1.60. The Morgan fingerprint density at radius 1 is 1.04 bits per heavy atom. The third kappa shape index (κ3) is 4.85. The van der Waals surface area contributed by atoms with Gasteiger partial charge < -0.3 is 14.0 Å². The molecule has 0 aromatic heterocycles. The molecule has 0 radical (unpaired) electrons. The van der Waals surface area contributed by atoms with E-state index in [9.17, 15) is 30.5 Å². The molecule has 0 aliphatic rings. The van der Waals surface area contributed by atoms with Gasteiger partial charge in [-0.15, -0.1) is 0 Å². The highest BCUT2D eigenvalue weighted by Crippen LogP contribution is 2.27. The average Bonchev–Trinajstić information content (AvgIpc) is 2.61. The van der Waals surface area contributed by atoms with E-state index in [1.54, 1.807) is 30.3 Å². The first-order valence-corrected chi connectivity index (χ1v) is 8.81. The molecule has 27 heavy (non-hydrogen) atoms. The first-order valence-electron chi connectivity index (χ1n) is 7.40. The summed E-state index contributed by atoms with van der Waals surface area (Å²) >= 11 is 0. The number of rotatable bonds is 8. The summed E-state index contributed by atoms with van der Waals surface area (Å²) in [6, 6.07) is 6.84. The van der Waals surface area contributed by atoms with Crippen LogP contribution in [0.3, 0.4) is 0 Å². The van der Waals surface area contributed by atoms with Crippen LogP contribution in [0.5, 0.6) is 5.75 Å². The molecule has 10 heteroatoms. The Kier molecular flexibility index (Phi) is 6.58. The summed E-state index contributed by atoms with van der Waals surface area (Å²) < 4.78 is 97.3. The Morgan fingerprint density at radius 2 is 1.67 bits per heavy atom. The molecule has 0 spiro atoms. The smallest absolute Gasteiger partial charge is 0.179 e. The van der Waals surface area contributed by atoms with Crippen molar-refractivity contribution >= 4 is 16.2 Å². The van der Waals surface area contributed by atoms with Crippen LogP contribution in [0.25, 0.3) is 6.08 Å². The van der Waals surface area contributed by atoms with Gasteiger partial charge in [0.15, 0.2) is 23.3 Å². The van der Waals surface area contributed by atoms with Crippen LogP contribution in [0, 0.1) is 23.3 Å². The molecule has 0 unspecified atom stereocenters. The van der Waals surface area contributed by atoms with Crippen molar-refractivity contribution in [2.45, 2.75) is 11.5 Å². The van der Waals surface area contributed by atoms with Gasteiger partial charge in [0.25, 0.3) is 0 Å². The van der Waals surface area contributed by atoms with Crippen molar-refractivity contribution in [3.05, 3.63) is 65.2 Å². The Labute approximate surface area is 152 Å². The maximum Gasteiger partial charge on any atom is 0.179 e. The standard InChI is InChI=1S/C17H14F4O5S/c1-2-10-4-3-5-11(8-10)26-7-6-25-9-12-13(18)15(20)17(27(22,23)24)16(21)14(12)19/h2-5,8H,1,6-7,9H2,(H,22,23,24)/p-1. The second kappa shape index (κ2) is 8.51. The minimum Gasteiger partial charge on any atom is -0.744 e. The highest BCUT2D eigenvalue weighted by atomic mass is 32.2. The van der Waals surface area contributed by atoms with Crippen molar-refractivity contribution in [1.82, 2.24) is 0 Å². The SMILES string of the molecule is C=Cc1cccc(OCCOCc2c(F)c(F)c(S(=O)(=O)[O-])c(F)c2F)c1. The van der Waals surface area contributed by atoms with Gasteiger partial charge in [-0.2, -0.15) is 0 Å². The van der Waals surface area contributed by atoms with Gasteiger partial charge in [0.05, 0.1) is 18.8 Å². The van der Waals surface area contributed by atoms with Crippen LogP contribution >= 0.6 is 0 Å². The van der Waals surface area contributed by atoms with Crippen molar-refractivity contribution < 1.29 is 40.0 Å². The summed E-state index contributed by atoms with van der Waals surface area (Å²) in [5.74, 6) is -8.12. The Morgan fingerprint density at radius 3 is 2.22 bits per heavy atom. The van der Waals surface area contributed by atoms with Crippen molar-refractivity contribution in [1.29, 1.82) is 0 Å². The van der Waals surface area contributed by atoms with Crippen LogP contribution in [-0.2, 0) is 21.5 Å². The highest BCUT2D eigenvalue weighted by Gasteiger charge is 2.28. The highest BCUT2D eigenvalue weighted by molar-refractivity contribution is 7.85. The lowest BCUT2D eigenvalue weighted by Gasteiger charge is -2.14. The molecule has 0 atom stereocenters. The van der Waals surface area contributed by atoms with Gasteiger partial charge in [-0.25, -0.2) is 26.0 Å². The monoisotopic (exact) mass is 405 g/mol. The fourth-order valence-electron chi connectivity index (χ4n) is 2.13. The van der Waals surface area contributed by atoms with E-state index in [1.807, 2.05) is 0 Å². The number of ether oxygens (including phenoxy) is 2. The molecule has 0 saturated carbocycles. The van der Waals surface area contributed by atoms with Crippen molar-refractivity contribution in [3.8, 4) is 5.75 Å². The molecule has 0 aliphatic heterocycles. The van der Waals surface area contributed by atoms with Crippen molar-refractivity contribution in [3.63, 3.8) is 0 Å². The molecule has 0 aliphatic carbocycles. The lowest BCUT2D eigenvalue weighted by atomic mass is 10.2. The molecular formula is C17H13F4O5S-. The minimum absolute atomic E-state index is 0.0399. The van der Waals surface area contributed by atoms with Gasteiger partial charge in [0.2, 0.25) is 0 Å². The molecular weight excluding hydrogens is 392 g/mol. The normalized spacial score (nSPS) is 11.4. The maximum absolute atomic E-state index is 13.8. The van der Waals surface area contributed by atoms with Gasteiger partial charge in [-0.3, -0.25) is 0 Å². The molecule has 0 saturated heterocycles. The van der Waals surface area contributed by atoms with E-state index in [0.717, 1.165) is 5.56 Å². The fraction of sp³-hybridized carbons (Fsp3) is 0.176. The maximum atomic E-state index is 13.8. The Balaban J connectivity index is 2.03. The van der Waals surface area contributed by atoms with E-state index in [2.05, 4.69) is 6.58 Å². The van der Waals surface area contributed by atoms with Crippen molar-refractivity contribution in [2.24, 2.45) is 0 Å². The van der Waals surface area contributed by atoms with Gasteiger partial charge >= 0.3 is 0 Å². The fourth-order valence-corrected chi connectivity index (χ4v) is 2.75. The summed E-state index contributed by atoms with van der Waals surface area (Å²) in [7, 11) is -5.74. The van der Waals surface area contributed by atoms with Crippen LogP contribution < -0.4 is 4.74 Å². The first kappa shape index (κ1) is 20.9. The third-order valence-corrected chi connectivity index (χ3v) is 4.26. The van der Waals surface area contributed by atoms with E-state index >= 15 is 0 Å². The molecule has 0 bridgehead atoms. The predicted octanol–water partition coefficient (Wildman–Crippen LogP) is 3.39. The summed E-state index contributed by atoms with van der Waals surface area (Å²) in [4.78, 5) is -2.20. The van der Waals surface area contributed by atoms with Gasteiger partial charge in [0.1, 0.15) is 27.4 Å². The predicted molar refractivity (Wildman–Crippen MR) is 85.9 cm³/mol. The number of hydrogen-bond acceptors (Lipinski definition) is 5. The topological polar surface area (TPSA) is 75.7 Å². The molecule has 0 fully saturated rings. The first-order chi connectivity index (χ1) is 12.7. The van der Waals surface area contributed by atoms with Crippen molar-refractivity contribution in [2.75, 3.05) is 13.2 Å². The molecule has 5 nitrogen and oxygen atoms in total. The van der Waals surface area contributed by atoms with Crippen LogP contribution in [0.1, 0.15) is 11.1 Å². The van der Waals surface area contributed by atoms with Crippen LogP contribution in [-0.4, -0.2) is 26.2 Å². The minimum atomic E-state index is -5.74. The van der Waals surface area contributed by atoms with E-state index < -0.39 is 50.5 Å². The molecule has 0 N–H and O–H groups in total. The quantitative estimate of drug-likeness (QED) is 0.291. The zero-order valence-corrected chi connectivity index (χ0v) is 14.5. The Bertz CT molecular complexity index is 931. The second-order valence-electron chi connectivity index (χ2n) is 5.20. The number of hydrogen-bond donors (Lipinski definition) is 0. The lowest BCUT2D eigenvalue weighted by molar-refractivity contribution is 0.0841. The average molecular weight is 405 g/mol. The largest absolute Gasteiger partial charge is 0.744 e. The molecule has 0 heterocycles. The number of benzene rings is 2. The zero-order chi connectivity index (χ0) is 20.2. The molecule has 2 aromatic carbocycles. The second-order valence-corrected chi connectivity index (χ2v) is 6.51. The van der Waals surface area contributed by atoms with Gasteiger partial charge in [0, 0.05) is 0 Å². The summed E-state index contributed by atoms with van der Waals surface area (Å²) in [6.45, 7) is 2.46. The summed E-state index contributed by atoms with van der Waals surface area (Å²) in [5.41, 5.74) is -0.372.